The molecule has 0 aliphatic rings. The van der Waals surface area contributed by atoms with Gasteiger partial charge in [-0.05, 0) is 26.2 Å². The topological polar surface area (TPSA) is 58.3 Å². The van der Waals surface area contributed by atoms with Gasteiger partial charge in [-0.25, -0.2) is 0 Å². The number of rotatable bonds is 10. The molecule has 0 fully saturated rings. The summed E-state index contributed by atoms with van der Waals surface area (Å²) in [6, 6.07) is 0.305. The van der Waals surface area contributed by atoms with Crippen molar-refractivity contribution < 1.29 is 5.11 Å². The minimum absolute atomic E-state index is 0.0105. The van der Waals surface area contributed by atoms with Crippen LogP contribution in [0.1, 0.15) is 59.8 Å². The van der Waals surface area contributed by atoms with Crippen molar-refractivity contribution >= 4 is 0 Å². The Morgan fingerprint density at radius 1 is 1.24 bits per heavy atom. The summed E-state index contributed by atoms with van der Waals surface area (Å²) in [5, 5.41) is 12.7. The average Bonchev–Trinajstić information content (AvgIpc) is 2.33. The Hall–Kier alpha value is -0.120. The zero-order valence-electron chi connectivity index (χ0n) is 12.1. The molecule has 3 nitrogen and oxygen atoms in total. The molecule has 104 valence electrons. The third-order valence-electron chi connectivity index (χ3n) is 3.75. The lowest BCUT2D eigenvalue weighted by Crippen LogP contribution is -2.54. The van der Waals surface area contributed by atoms with Gasteiger partial charge in [0.15, 0.2) is 0 Å². The van der Waals surface area contributed by atoms with E-state index in [0.717, 1.165) is 6.42 Å². The molecule has 3 heteroatoms. The van der Waals surface area contributed by atoms with Gasteiger partial charge >= 0.3 is 0 Å². The summed E-state index contributed by atoms with van der Waals surface area (Å²) in [5.74, 6) is 0.275. The fraction of sp³-hybridized carbons (Fsp3) is 1.00. The zero-order valence-corrected chi connectivity index (χ0v) is 12.1. The van der Waals surface area contributed by atoms with Crippen molar-refractivity contribution in [2.45, 2.75) is 71.4 Å². The van der Waals surface area contributed by atoms with Crippen LogP contribution in [0.3, 0.4) is 0 Å². The molecular formula is C14H32N2O. The maximum Gasteiger partial charge on any atom is 0.0471 e. The molecule has 0 amide bonds. The van der Waals surface area contributed by atoms with Crippen molar-refractivity contribution in [3.05, 3.63) is 0 Å². The van der Waals surface area contributed by atoms with Crippen LogP contribution in [-0.2, 0) is 0 Å². The molecular weight excluding hydrogens is 212 g/mol. The van der Waals surface area contributed by atoms with E-state index in [1.807, 2.05) is 0 Å². The number of aliphatic hydroxyl groups excluding tert-OH is 1. The fourth-order valence-corrected chi connectivity index (χ4v) is 2.03. The molecule has 3 unspecified atom stereocenters. The van der Waals surface area contributed by atoms with Gasteiger partial charge in [-0.1, -0.05) is 39.5 Å². The van der Waals surface area contributed by atoms with E-state index < -0.39 is 0 Å². The molecule has 0 aromatic rings. The van der Waals surface area contributed by atoms with Crippen molar-refractivity contribution in [2.24, 2.45) is 11.7 Å². The van der Waals surface area contributed by atoms with Crippen LogP contribution in [0.25, 0.3) is 0 Å². The average molecular weight is 244 g/mol. The summed E-state index contributed by atoms with van der Waals surface area (Å²) in [6.07, 6.45) is 6.21. The van der Waals surface area contributed by atoms with Crippen molar-refractivity contribution in [2.75, 3.05) is 13.2 Å². The predicted molar refractivity (Wildman–Crippen MR) is 75.1 cm³/mol. The van der Waals surface area contributed by atoms with Crippen molar-refractivity contribution in [1.29, 1.82) is 0 Å². The van der Waals surface area contributed by atoms with E-state index in [1.165, 1.54) is 25.7 Å². The van der Waals surface area contributed by atoms with Crippen LogP contribution < -0.4 is 11.1 Å². The van der Waals surface area contributed by atoms with Crippen molar-refractivity contribution in [3.63, 3.8) is 0 Å². The van der Waals surface area contributed by atoms with Gasteiger partial charge in [-0.2, -0.15) is 0 Å². The fourth-order valence-electron chi connectivity index (χ4n) is 2.03. The molecule has 0 radical (unpaired) electrons. The van der Waals surface area contributed by atoms with E-state index >= 15 is 0 Å². The van der Waals surface area contributed by atoms with Crippen LogP contribution in [0.2, 0.25) is 0 Å². The highest BCUT2D eigenvalue weighted by atomic mass is 16.3. The van der Waals surface area contributed by atoms with Crippen molar-refractivity contribution in [1.82, 2.24) is 5.32 Å². The van der Waals surface area contributed by atoms with Gasteiger partial charge in [0.25, 0.3) is 0 Å². The van der Waals surface area contributed by atoms with E-state index in [9.17, 15) is 0 Å². The molecule has 0 aliphatic carbocycles. The highest BCUT2D eigenvalue weighted by molar-refractivity contribution is 4.87. The van der Waals surface area contributed by atoms with Crippen LogP contribution in [0.4, 0.5) is 0 Å². The first-order chi connectivity index (χ1) is 7.99. The molecule has 0 bridgehead atoms. The lowest BCUT2D eigenvalue weighted by atomic mass is 9.91. The molecule has 3 atom stereocenters. The van der Waals surface area contributed by atoms with Gasteiger partial charge in [0.2, 0.25) is 0 Å². The largest absolute Gasteiger partial charge is 0.396 e. The van der Waals surface area contributed by atoms with E-state index in [1.54, 1.807) is 0 Å². The minimum Gasteiger partial charge on any atom is -0.396 e. The number of nitrogens with one attached hydrogen (secondary N) is 1. The van der Waals surface area contributed by atoms with Gasteiger partial charge in [-0.3, -0.25) is 0 Å². The van der Waals surface area contributed by atoms with Gasteiger partial charge in [-0.15, -0.1) is 0 Å². The van der Waals surface area contributed by atoms with Gasteiger partial charge in [0.05, 0.1) is 0 Å². The molecule has 0 saturated heterocycles. The normalized spacial score (nSPS) is 18.7. The summed E-state index contributed by atoms with van der Waals surface area (Å²) in [6.45, 7) is 9.49. The van der Waals surface area contributed by atoms with Crippen LogP contribution in [0.5, 0.6) is 0 Å². The molecule has 0 aromatic carbocycles. The van der Waals surface area contributed by atoms with Crippen LogP contribution in [0.15, 0.2) is 0 Å². The van der Waals surface area contributed by atoms with Crippen LogP contribution in [0, 0.1) is 5.92 Å². The van der Waals surface area contributed by atoms with E-state index in [-0.39, 0.29) is 18.1 Å². The van der Waals surface area contributed by atoms with E-state index in [0.29, 0.717) is 12.6 Å². The molecule has 17 heavy (non-hydrogen) atoms. The standard InChI is InChI=1S/C14H32N2O/c1-5-6-7-8-9-14(4,11-15)16-13(3)12(2)10-17/h12-13,16-17H,5-11,15H2,1-4H3. The summed E-state index contributed by atoms with van der Waals surface area (Å²) in [7, 11) is 0. The zero-order chi connectivity index (χ0) is 13.3. The van der Waals surface area contributed by atoms with Gasteiger partial charge in [0, 0.05) is 24.7 Å². The molecule has 0 heterocycles. The lowest BCUT2D eigenvalue weighted by Gasteiger charge is -2.35. The SMILES string of the molecule is CCCCCCC(C)(CN)NC(C)C(C)CO. The Morgan fingerprint density at radius 3 is 2.35 bits per heavy atom. The highest BCUT2D eigenvalue weighted by Gasteiger charge is 2.25. The third kappa shape index (κ3) is 7.02. The van der Waals surface area contributed by atoms with Crippen LogP contribution in [-0.4, -0.2) is 29.8 Å². The molecule has 0 rings (SSSR count). The maximum atomic E-state index is 9.15. The third-order valence-corrected chi connectivity index (χ3v) is 3.75. The summed E-state index contributed by atoms with van der Waals surface area (Å²) >= 11 is 0. The van der Waals surface area contributed by atoms with Crippen molar-refractivity contribution in [3.8, 4) is 0 Å². The molecule has 0 saturated carbocycles. The van der Waals surface area contributed by atoms with E-state index in [2.05, 4.69) is 33.0 Å². The Balaban J connectivity index is 4.07. The Labute approximate surface area is 107 Å². The number of hydrogen-bond acceptors (Lipinski definition) is 3. The first kappa shape index (κ1) is 16.9. The number of unbranched alkanes of at least 4 members (excludes halogenated alkanes) is 3. The predicted octanol–water partition coefficient (Wildman–Crippen LogP) is 2.28. The highest BCUT2D eigenvalue weighted by Crippen LogP contribution is 2.17. The Kier molecular flexibility index (Phi) is 8.83. The molecule has 0 aliphatic heterocycles. The second-order valence-corrected chi connectivity index (χ2v) is 5.67. The number of hydrogen-bond donors (Lipinski definition) is 3. The second kappa shape index (κ2) is 8.90. The Bertz CT molecular complexity index is 187. The first-order valence-corrected chi connectivity index (χ1v) is 7.07. The second-order valence-electron chi connectivity index (χ2n) is 5.67. The number of aliphatic hydroxyl groups is 1. The van der Waals surface area contributed by atoms with E-state index in [4.69, 9.17) is 10.8 Å². The monoisotopic (exact) mass is 244 g/mol. The smallest absolute Gasteiger partial charge is 0.0471 e. The molecule has 0 spiro atoms. The Morgan fingerprint density at radius 2 is 1.88 bits per heavy atom. The molecule has 0 aromatic heterocycles. The minimum atomic E-state index is 0.0105. The van der Waals surface area contributed by atoms with Gasteiger partial charge in [0.1, 0.15) is 0 Å². The molecule has 4 N–H and O–H groups in total. The first-order valence-electron chi connectivity index (χ1n) is 7.07. The summed E-state index contributed by atoms with van der Waals surface area (Å²) in [4.78, 5) is 0. The summed E-state index contributed by atoms with van der Waals surface area (Å²) < 4.78 is 0. The lowest BCUT2D eigenvalue weighted by molar-refractivity contribution is 0.180. The summed E-state index contributed by atoms with van der Waals surface area (Å²) in [5.41, 5.74) is 5.90. The van der Waals surface area contributed by atoms with Crippen LogP contribution >= 0.6 is 0 Å². The maximum absolute atomic E-state index is 9.15. The van der Waals surface area contributed by atoms with Gasteiger partial charge < -0.3 is 16.2 Å². The number of nitrogens with two attached hydrogens (primary N) is 1. The quantitative estimate of drug-likeness (QED) is 0.517.